The lowest BCUT2D eigenvalue weighted by molar-refractivity contribution is -0.118. The quantitative estimate of drug-likeness (QED) is 0.329. The summed E-state index contributed by atoms with van der Waals surface area (Å²) in [5, 5.41) is 5.03. The van der Waals surface area contributed by atoms with Gasteiger partial charge < -0.3 is 14.8 Å². The number of thioether (sulfide) groups is 1. The van der Waals surface area contributed by atoms with Crippen LogP contribution in [0.1, 0.15) is 11.1 Å². The molecule has 4 aromatic rings. The number of nitrogens with one attached hydrogen (secondary N) is 1. The zero-order chi connectivity index (χ0) is 22.9. The Morgan fingerprint density at radius 1 is 1.21 bits per heavy atom. The number of carbonyl (C=O) groups is 1. The summed E-state index contributed by atoms with van der Waals surface area (Å²) in [5.41, 5.74) is 2.13. The van der Waals surface area contributed by atoms with Crippen LogP contribution in [0.2, 0.25) is 0 Å². The van der Waals surface area contributed by atoms with Crippen LogP contribution in [0, 0.1) is 12.7 Å². The SMILES string of the molecule is Cc1cc(-n2c(SCC(=O)NCc3ccc4c(c3)OCO4)nc3ccsc3c2=O)ccc1F. The maximum absolute atomic E-state index is 13.8. The number of ether oxygens (including phenoxy) is 2. The molecule has 2 aromatic heterocycles. The molecule has 1 aliphatic heterocycles. The van der Waals surface area contributed by atoms with Gasteiger partial charge in [0.15, 0.2) is 16.7 Å². The van der Waals surface area contributed by atoms with E-state index < -0.39 is 0 Å². The van der Waals surface area contributed by atoms with Crippen LogP contribution in [0.25, 0.3) is 15.9 Å². The van der Waals surface area contributed by atoms with E-state index in [4.69, 9.17) is 9.47 Å². The van der Waals surface area contributed by atoms with E-state index in [9.17, 15) is 14.0 Å². The van der Waals surface area contributed by atoms with Gasteiger partial charge in [-0.1, -0.05) is 17.8 Å². The number of halogens is 1. The van der Waals surface area contributed by atoms with Gasteiger partial charge in [-0.3, -0.25) is 14.2 Å². The molecule has 168 valence electrons. The number of amides is 1. The zero-order valence-corrected chi connectivity index (χ0v) is 19.1. The molecule has 1 N–H and O–H groups in total. The Hall–Kier alpha value is -3.37. The summed E-state index contributed by atoms with van der Waals surface area (Å²) in [5.74, 6) is 0.841. The maximum atomic E-state index is 13.8. The molecule has 0 saturated carbocycles. The number of hydrogen-bond donors (Lipinski definition) is 1. The van der Waals surface area contributed by atoms with Gasteiger partial charge in [-0.15, -0.1) is 11.3 Å². The highest BCUT2D eigenvalue weighted by molar-refractivity contribution is 7.99. The number of nitrogens with zero attached hydrogens (tertiary/aromatic N) is 2. The molecule has 1 aliphatic rings. The van der Waals surface area contributed by atoms with Crippen molar-refractivity contribution >= 4 is 39.2 Å². The van der Waals surface area contributed by atoms with Gasteiger partial charge in [0.25, 0.3) is 5.56 Å². The highest BCUT2D eigenvalue weighted by Gasteiger charge is 2.17. The highest BCUT2D eigenvalue weighted by atomic mass is 32.2. The Morgan fingerprint density at radius 3 is 2.91 bits per heavy atom. The van der Waals surface area contributed by atoms with Crippen LogP contribution >= 0.6 is 23.1 Å². The third kappa shape index (κ3) is 4.31. The summed E-state index contributed by atoms with van der Waals surface area (Å²) in [6, 6.07) is 11.7. The summed E-state index contributed by atoms with van der Waals surface area (Å²) in [7, 11) is 0. The van der Waals surface area contributed by atoms with E-state index in [0.717, 1.165) is 17.3 Å². The summed E-state index contributed by atoms with van der Waals surface area (Å²) in [4.78, 5) is 30.3. The average molecular weight is 484 g/mol. The predicted octanol–water partition coefficient (Wildman–Crippen LogP) is 4.03. The first-order valence-electron chi connectivity index (χ1n) is 10.0. The van der Waals surface area contributed by atoms with Crippen LogP contribution in [0.15, 0.2) is 57.8 Å². The number of carbonyl (C=O) groups excluding carboxylic acids is 1. The first-order valence-corrected chi connectivity index (χ1v) is 11.9. The van der Waals surface area contributed by atoms with Crippen LogP contribution in [-0.4, -0.2) is 28.0 Å². The van der Waals surface area contributed by atoms with Gasteiger partial charge in [-0.05, 0) is 59.8 Å². The van der Waals surface area contributed by atoms with Crippen molar-refractivity contribution in [3.05, 3.63) is 75.1 Å². The summed E-state index contributed by atoms with van der Waals surface area (Å²) in [6.07, 6.45) is 0. The van der Waals surface area contributed by atoms with Crippen molar-refractivity contribution in [1.82, 2.24) is 14.9 Å². The van der Waals surface area contributed by atoms with Gasteiger partial charge in [-0.2, -0.15) is 0 Å². The second kappa shape index (κ2) is 8.87. The maximum Gasteiger partial charge on any atom is 0.276 e. The fraction of sp³-hybridized carbons (Fsp3) is 0.174. The number of rotatable bonds is 6. The van der Waals surface area contributed by atoms with Crippen molar-refractivity contribution in [1.29, 1.82) is 0 Å². The zero-order valence-electron chi connectivity index (χ0n) is 17.5. The molecule has 0 fully saturated rings. The molecule has 0 radical (unpaired) electrons. The fourth-order valence-electron chi connectivity index (χ4n) is 3.42. The second-order valence-electron chi connectivity index (χ2n) is 7.36. The molecule has 0 saturated heterocycles. The number of fused-ring (bicyclic) bond motifs is 2. The molecule has 0 unspecified atom stereocenters. The summed E-state index contributed by atoms with van der Waals surface area (Å²) >= 11 is 2.45. The Labute approximate surface area is 196 Å². The first-order chi connectivity index (χ1) is 16.0. The Balaban J connectivity index is 1.35. The molecule has 7 nitrogen and oxygen atoms in total. The van der Waals surface area contributed by atoms with Gasteiger partial charge in [0, 0.05) is 6.54 Å². The molecule has 1 amide bonds. The minimum Gasteiger partial charge on any atom is -0.454 e. The second-order valence-corrected chi connectivity index (χ2v) is 9.22. The van der Waals surface area contributed by atoms with Crippen molar-refractivity contribution in [2.75, 3.05) is 12.5 Å². The van der Waals surface area contributed by atoms with Crippen LogP contribution in [-0.2, 0) is 11.3 Å². The number of aromatic nitrogens is 2. The first kappa shape index (κ1) is 21.5. The fourth-order valence-corrected chi connectivity index (χ4v) is 5.02. The Bertz CT molecular complexity index is 1430. The normalized spacial score (nSPS) is 12.3. The smallest absolute Gasteiger partial charge is 0.276 e. The minimum atomic E-state index is -0.353. The molecule has 5 rings (SSSR count). The van der Waals surface area contributed by atoms with E-state index in [0.29, 0.717) is 44.7 Å². The van der Waals surface area contributed by atoms with Crippen LogP contribution in [0.3, 0.4) is 0 Å². The standard InChI is InChI=1S/C23H18FN3O4S2/c1-13-8-15(3-4-16(13)24)27-22(29)21-17(6-7-32-21)26-23(27)33-11-20(28)25-10-14-2-5-18-19(9-14)31-12-30-18/h2-9H,10-12H2,1H3,(H,25,28). The summed E-state index contributed by atoms with van der Waals surface area (Å²) < 4.78 is 26.4. The van der Waals surface area contributed by atoms with Gasteiger partial charge in [0.1, 0.15) is 10.5 Å². The third-order valence-electron chi connectivity index (χ3n) is 5.11. The van der Waals surface area contributed by atoms with E-state index >= 15 is 0 Å². The lowest BCUT2D eigenvalue weighted by Gasteiger charge is -2.13. The number of hydrogen-bond acceptors (Lipinski definition) is 7. The van der Waals surface area contributed by atoms with Crippen molar-refractivity contribution < 1.29 is 18.7 Å². The van der Waals surface area contributed by atoms with E-state index in [1.807, 2.05) is 18.2 Å². The number of aryl methyl sites for hydroxylation is 1. The molecule has 0 atom stereocenters. The lowest BCUT2D eigenvalue weighted by Crippen LogP contribution is -2.26. The molecule has 0 bridgehead atoms. The highest BCUT2D eigenvalue weighted by Crippen LogP contribution is 2.32. The largest absolute Gasteiger partial charge is 0.454 e. The van der Waals surface area contributed by atoms with E-state index in [-0.39, 0.29) is 29.8 Å². The van der Waals surface area contributed by atoms with Crippen LogP contribution < -0.4 is 20.3 Å². The van der Waals surface area contributed by atoms with E-state index in [1.54, 1.807) is 24.4 Å². The molecular formula is C23H18FN3O4S2. The third-order valence-corrected chi connectivity index (χ3v) is 6.94. The predicted molar refractivity (Wildman–Crippen MR) is 125 cm³/mol. The van der Waals surface area contributed by atoms with Crippen LogP contribution in [0.4, 0.5) is 4.39 Å². The van der Waals surface area contributed by atoms with E-state index in [1.165, 1.54) is 28.0 Å². The van der Waals surface area contributed by atoms with Crippen molar-refractivity contribution in [2.24, 2.45) is 0 Å². The monoisotopic (exact) mass is 483 g/mol. The number of benzene rings is 2. The Morgan fingerprint density at radius 2 is 2.06 bits per heavy atom. The Kier molecular flexibility index (Phi) is 5.77. The van der Waals surface area contributed by atoms with Crippen molar-refractivity contribution in [2.45, 2.75) is 18.6 Å². The molecular weight excluding hydrogens is 465 g/mol. The molecule has 0 aliphatic carbocycles. The van der Waals surface area contributed by atoms with Gasteiger partial charge in [0.05, 0.1) is 17.0 Å². The topological polar surface area (TPSA) is 82.5 Å². The minimum absolute atomic E-state index is 0.0623. The van der Waals surface area contributed by atoms with Gasteiger partial charge in [-0.25, -0.2) is 9.37 Å². The molecule has 2 aromatic carbocycles. The molecule has 0 spiro atoms. The number of thiophene rings is 1. The molecule has 10 heteroatoms. The van der Waals surface area contributed by atoms with Crippen molar-refractivity contribution in [3.63, 3.8) is 0 Å². The van der Waals surface area contributed by atoms with Crippen LogP contribution in [0.5, 0.6) is 11.5 Å². The van der Waals surface area contributed by atoms with Gasteiger partial charge in [0.2, 0.25) is 12.7 Å². The molecule has 3 heterocycles. The van der Waals surface area contributed by atoms with Gasteiger partial charge >= 0.3 is 0 Å². The molecule has 33 heavy (non-hydrogen) atoms. The average Bonchev–Trinajstić information content (AvgIpc) is 3.47. The summed E-state index contributed by atoms with van der Waals surface area (Å²) in [6.45, 7) is 2.16. The lowest BCUT2D eigenvalue weighted by atomic mass is 10.2. The van der Waals surface area contributed by atoms with Crippen molar-refractivity contribution in [3.8, 4) is 17.2 Å². The van der Waals surface area contributed by atoms with E-state index in [2.05, 4.69) is 10.3 Å².